The number of hydrogen-bond donors (Lipinski definition) is 4. The highest BCUT2D eigenvalue weighted by atomic mass is 31.2. The first-order valence-electron chi connectivity index (χ1n) is 7.00. The monoisotopic (exact) mass is 348 g/mol. The number of aliphatic hydroxyl groups is 1. The molecule has 0 spiro atoms. The third kappa shape index (κ3) is 2.82. The maximum atomic E-state index is 11.9. The van der Waals surface area contributed by atoms with Crippen LogP contribution >= 0.6 is 7.82 Å². The first-order chi connectivity index (χ1) is 10.6. The van der Waals surface area contributed by atoms with Gasteiger partial charge in [-0.1, -0.05) is 6.92 Å². The highest BCUT2D eigenvalue weighted by molar-refractivity contribution is 7.46. The smallest absolute Gasteiger partial charge is 0.390 e. The molecular weight excluding hydrogens is 331 g/mol. The Kier molecular flexibility index (Phi) is 3.87. The third-order valence-corrected chi connectivity index (χ3v) is 4.98. The fourth-order valence-corrected chi connectivity index (χ4v) is 3.97. The predicted molar refractivity (Wildman–Crippen MR) is 75.4 cm³/mol. The molecule has 0 unspecified atom stereocenters. The Labute approximate surface area is 129 Å². The number of nitrogens with zero attached hydrogens (tertiary/aromatic N) is 1. The van der Waals surface area contributed by atoms with Crippen LogP contribution in [-0.4, -0.2) is 42.8 Å². The summed E-state index contributed by atoms with van der Waals surface area (Å²) in [5.41, 5.74) is -2.53. The Hall–Kier alpha value is -1.29. The van der Waals surface area contributed by atoms with Gasteiger partial charge in [0, 0.05) is 18.2 Å². The molecule has 2 aliphatic rings. The van der Waals surface area contributed by atoms with E-state index in [0.29, 0.717) is 6.42 Å². The van der Waals surface area contributed by atoms with Crippen molar-refractivity contribution in [2.24, 2.45) is 11.8 Å². The van der Waals surface area contributed by atoms with Crippen LogP contribution in [0.2, 0.25) is 0 Å². The minimum atomic E-state index is -4.72. The summed E-state index contributed by atoms with van der Waals surface area (Å²) in [5.74, 6) is -0.526. The summed E-state index contributed by atoms with van der Waals surface area (Å²) in [7, 11) is -4.72. The lowest BCUT2D eigenvalue weighted by Gasteiger charge is -2.33. The molecule has 5 atom stereocenters. The zero-order valence-electron chi connectivity index (χ0n) is 12.2. The van der Waals surface area contributed by atoms with Gasteiger partial charge in [0.25, 0.3) is 5.56 Å². The zero-order chi connectivity index (χ0) is 17.0. The van der Waals surface area contributed by atoms with Crippen molar-refractivity contribution >= 4 is 7.82 Å². The van der Waals surface area contributed by atoms with Gasteiger partial charge >= 0.3 is 13.5 Å². The average molecular weight is 348 g/mol. The van der Waals surface area contributed by atoms with E-state index in [9.17, 15) is 19.3 Å². The molecule has 2 fully saturated rings. The Morgan fingerprint density at radius 3 is 2.83 bits per heavy atom. The molecule has 1 aliphatic carbocycles. The first kappa shape index (κ1) is 16.6. The van der Waals surface area contributed by atoms with Gasteiger partial charge in [0.15, 0.2) is 0 Å². The number of aromatic amines is 1. The van der Waals surface area contributed by atoms with Gasteiger partial charge in [-0.05, 0) is 12.3 Å². The van der Waals surface area contributed by atoms with E-state index >= 15 is 0 Å². The van der Waals surface area contributed by atoms with E-state index < -0.39 is 49.5 Å². The summed E-state index contributed by atoms with van der Waals surface area (Å²) in [4.78, 5) is 42.9. The molecule has 3 rings (SSSR count). The van der Waals surface area contributed by atoms with Crippen LogP contribution in [0.5, 0.6) is 0 Å². The van der Waals surface area contributed by atoms with Crippen molar-refractivity contribution in [1.82, 2.24) is 9.55 Å². The van der Waals surface area contributed by atoms with Crippen molar-refractivity contribution in [3.8, 4) is 0 Å². The molecule has 1 saturated heterocycles. The Morgan fingerprint density at radius 1 is 1.52 bits per heavy atom. The maximum absolute atomic E-state index is 11.9. The summed E-state index contributed by atoms with van der Waals surface area (Å²) in [5, 5.41) is 10.5. The van der Waals surface area contributed by atoms with E-state index in [1.807, 2.05) is 6.92 Å². The normalized spacial score (nSPS) is 36.5. The second-order valence-electron chi connectivity index (χ2n) is 6.06. The molecule has 23 heavy (non-hydrogen) atoms. The number of rotatable bonds is 4. The molecule has 0 aromatic carbocycles. The second-order valence-corrected chi connectivity index (χ2v) is 7.30. The van der Waals surface area contributed by atoms with Gasteiger partial charge in [0.2, 0.25) is 0 Å². The molecule has 2 bridgehead atoms. The van der Waals surface area contributed by atoms with Gasteiger partial charge in [-0.2, -0.15) is 0 Å². The molecular formula is C12H17N2O8P. The van der Waals surface area contributed by atoms with Crippen LogP contribution in [0.4, 0.5) is 0 Å². The van der Waals surface area contributed by atoms with Gasteiger partial charge in [-0.25, -0.2) is 9.36 Å². The number of phosphoric ester groups is 1. The molecule has 0 amide bonds. The maximum Gasteiger partial charge on any atom is 0.469 e. The summed E-state index contributed by atoms with van der Waals surface area (Å²) < 4.78 is 22.4. The highest BCUT2D eigenvalue weighted by Gasteiger charge is 2.63. The molecule has 1 aromatic heterocycles. The molecule has 4 N–H and O–H groups in total. The van der Waals surface area contributed by atoms with Crippen LogP contribution in [0.15, 0.2) is 21.9 Å². The first-order valence-corrected chi connectivity index (χ1v) is 8.53. The molecule has 128 valence electrons. The van der Waals surface area contributed by atoms with E-state index in [4.69, 9.17) is 14.5 Å². The van der Waals surface area contributed by atoms with Crippen molar-refractivity contribution in [1.29, 1.82) is 0 Å². The molecule has 0 radical (unpaired) electrons. The van der Waals surface area contributed by atoms with Crippen molar-refractivity contribution in [2.45, 2.75) is 31.3 Å². The van der Waals surface area contributed by atoms with Crippen molar-refractivity contribution in [2.75, 3.05) is 6.61 Å². The standard InChI is InChI=1S/C12H17N2O8P/c1-6-4-12(5-21-23(18,19)20)9(16)8(6)10(22-12)14-3-2-7(15)13-11(14)17/h2-3,6,8-10,16H,4-5H2,1H3,(H,13,15,17)(H2,18,19,20)/t6-,8-,9+,10-,12-/m1/s1. The van der Waals surface area contributed by atoms with Crippen molar-refractivity contribution in [3.05, 3.63) is 33.1 Å². The number of aromatic nitrogens is 2. The number of hydrogen-bond acceptors (Lipinski definition) is 6. The lowest BCUT2D eigenvalue weighted by Crippen LogP contribution is -2.42. The summed E-state index contributed by atoms with van der Waals surface area (Å²) >= 11 is 0. The van der Waals surface area contributed by atoms with E-state index in [0.717, 1.165) is 10.6 Å². The minimum Gasteiger partial charge on any atom is -0.390 e. The van der Waals surface area contributed by atoms with Crippen LogP contribution in [0.1, 0.15) is 19.6 Å². The fraction of sp³-hybridized carbons (Fsp3) is 0.667. The molecule has 10 nitrogen and oxygen atoms in total. The number of H-pyrrole nitrogens is 1. The summed E-state index contributed by atoms with van der Waals surface area (Å²) in [6.07, 6.45) is -0.289. The largest absolute Gasteiger partial charge is 0.469 e. The Bertz CT molecular complexity index is 769. The van der Waals surface area contributed by atoms with Crippen LogP contribution in [0.3, 0.4) is 0 Å². The number of nitrogens with one attached hydrogen (secondary N) is 1. The number of aliphatic hydroxyl groups excluding tert-OH is 1. The number of fused-ring (bicyclic) bond motifs is 2. The molecule has 2 heterocycles. The van der Waals surface area contributed by atoms with Crippen LogP contribution in [0, 0.1) is 11.8 Å². The van der Waals surface area contributed by atoms with Gasteiger partial charge in [-0.15, -0.1) is 0 Å². The highest BCUT2D eigenvalue weighted by Crippen LogP contribution is 2.56. The predicted octanol–water partition coefficient (Wildman–Crippen LogP) is -1.07. The third-order valence-electron chi connectivity index (χ3n) is 4.52. The zero-order valence-corrected chi connectivity index (χ0v) is 13.1. The lowest BCUT2D eigenvalue weighted by molar-refractivity contribution is -0.147. The summed E-state index contributed by atoms with van der Waals surface area (Å²) in [6, 6.07) is 1.16. The van der Waals surface area contributed by atoms with Crippen LogP contribution in [0.25, 0.3) is 0 Å². The Balaban J connectivity index is 1.93. The van der Waals surface area contributed by atoms with E-state index in [2.05, 4.69) is 9.51 Å². The van der Waals surface area contributed by atoms with E-state index in [-0.39, 0.29) is 5.92 Å². The lowest BCUT2D eigenvalue weighted by atomic mass is 9.95. The number of phosphoric acid groups is 1. The van der Waals surface area contributed by atoms with Gasteiger partial charge < -0.3 is 19.6 Å². The van der Waals surface area contributed by atoms with Crippen LogP contribution < -0.4 is 11.2 Å². The van der Waals surface area contributed by atoms with Gasteiger partial charge in [-0.3, -0.25) is 18.9 Å². The van der Waals surface area contributed by atoms with E-state index in [1.54, 1.807) is 0 Å². The molecule has 1 aromatic rings. The summed E-state index contributed by atoms with van der Waals surface area (Å²) in [6.45, 7) is 1.35. The topological polar surface area (TPSA) is 151 Å². The quantitative estimate of drug-likeness (QED) is 0.502. The van der Waals surface area contributed by atoms with Crippen molar-refractivity contribution in [3.63, 3.8) is 0 Å². The van der Waals surface area contributed by atoms with E-state index in [1.165, 1.54) is 6.20 Å². The fourth-order valence-electron chi connectivity index (χ4n) is 3.58. The van der Waals surface area contributed by atoms with Crippen LogP contribution in [-0.2, 0) is 13.8 Å². The second kappa shape index (κ2) is 5.37. The van der Waals surface area contributed by atoms with Crippen molar-refractivity contribution < 1.29 is 28.7 Å². The molecule has 1 aliphatic heterocycles. The Morgan fingerprint density at radius 2 is 2.22 bits per heavy atom. The SMILES string of the molecule is C[C@@H]1C[C@]2(COP(=O)(O)O)O[C@@H](n3ccc(=O)[nH]c3=O)[C@H]1[C@@H]2O. The number of ether oxygens (including phenoxy) is 1. The average Bonchev–Trinajstić information content (AvgIpc) is 2.83. The van der Waals surface area contributed by atoms with Gasteiger partial charge in [0.1, 0.15) is 11.8 Å². The minimum absolute atomic E-state index is 0.0667. The molecule has 11 heteroatoms. The van der Waals surface area contributed by atoms with Gasteiger partial charge in [0.05, 0.1) is 12.7 Å². The molecule has 1 saturated carbocycles.